The van der Waals surface area contributed by atoms with Gasteiger partial charge in [0.1, 0.15) is 0 Å². The maximum absolute atomic E-state index is 11.6. The standard InChI is InChI=1S/C8H15F2NO/c9-8(10)12-6-3-7-1-4-11-5-2-7/h7-8,11H,1-6H2. The molecular weight excluding hydrogens is 164 g/mol. The average molecular weight is 179 g/mol. The van der Waals surface area contributed by atoms with Gasteiger partial charge in [0.25, 0.3) is 0 Å². The van der Waals surface area contributed by atoms with E-state index in [9.17, 15) is 8.78 Å². The minimum Gasteiger partial charge on any atom is -0.323 e. The first-order chi connectivity index (χ1) is 5.79. The second kappa shape index (κ2) is 5.43. The number of hydrogen-bond acceptors (Lipinski definition) is 2. The van der Waals surface area contributed by atoms with Crippen LogP contribution in [0.4, 0.5) is 8.78 Å². The summed E-state index contributed by atoms with van der Waals surface area (Å²) in [5.74, 6) is 0.574. The molecule has 1 aliphatic heterocycles. The molecule has 0 bridgehead atoms. The van der Waals surface area contributed by atoms with Crippen LogP contribution in [0.2, 0.25) is 0 Å². The topological polar surface area (TPSA) is 21.3 Å². The van der Waals surface area contributed by atoms with Gasteiger partial charge < -0.3 is 10.1 Å². The fourth-order valence-corrected chi connectivity index (χ4v) is 1.49. The monoisotopic (exact) mass is 179 g/mol. The number of ether oxygens (including phenoxy) is 1. The number of alkyl halides is 2. The summed E-state index contributed by atoms with van der Waals surface area (Å²) in [5.41, 5.74) is 0. The number of hydrogen-bond donors (Lipinski definition) is 1. The zero-order chi connectivity index (χ0) is 8.81. The Balaban J connectivity index is 1.98. The van der Waals surface area contributed by atoms with Gasteiger partial charge in [-0.2, -0.15) is 8.78 Å². The lowest BCUT2D eigenvalue weighted by molar-refractivity contribution is -0.131. The molecule has 0 radical (unpaired) electrons. The summed E-state index contributed by atoms with van der Waals surface area (Å²) in [7, 11) is 0. The Morgan fingerprint density at radius 1 is 1.33 bits per heavy atom. The van der Waals surface area contributed by atoms with Crippen molar-refractivity contribution in [2.75, 3.05) is 19.7 Å². The summed E-state index contributed by atoms with van der Waals surface area (Å²) in [6, 6.07) is 0. The Hall–Kier alpha value is -0.220. The zero-order valence-electron chi connectivity index (χ0n) is 7.06. The van der Waals surface area contributed by atoms with Crippen LogP contribution < -0.4 is 5.32 Å². The highest BCUT2D eigenvalue weighted by Crippen LogP contribution is 2.15. The van der Waals surface area contributed by atoms with Crippen LogP contribution in [0.25, 0.3) is 0 Å². The first kappa shape index (κ1) is 9.86. The molecule has 0 aliphatic carbocycles. The predicted octanol–water partition coefficient (Wildman–Crippen LogP) is 1.62. The van der Waals surface area contributed by atoms with E-state index in [-0.39, 0.29) is 6.61 Å². The Morgan fingerprint density at radius 2 is 2.00 bits per heavy atom. The third kappa shape index (κ3) is 3.97. The summed E-state index contributed by atoms with van der Waals surface area (Å²) in [5, 5.41) is 3.22. The molecule has 1 saturated heterocycles. The number of piperidine rings is 1. The van der Waals surface area contributed by atoms with E-state index in [0.717, 1.165) is 32.4 Å². The molecule has 0 aromatic carbocycles. The first-order valence-corrected chi connectivity index (χ1v) is 4.39. The Labute approximate surface area is 71.3 Å². The molecule has 0 aromatic rings. The summed E-state index contributed by atoms with van der Waals surface area (Å²) in [6.07, 6.45) is 2.95. The molecule has 1 rings (SSSR count). The molecule has 1 aliphatic rings. The summed E-state index contributed by atoms with van der Waals surface area (Å²) >= 11 is 0. The average Bonchev–Trinajstić information content (AvgIpc) is 2.05. The molecule has 2 nitrogen and oxygen atoms in total. The molecule has 1 fully saturated rings. The molecule has 0 aromatic heterocycles. The van der Waals surface area contributed by atoms with Crippen molar-refractivity contribution in [3.8, 4) is 0 Å². The van der Waals surface area contributed by atoms with Gasteiger partial charge in [-0.1, -0.05) is 0 Å². The van der Waals surface area contributed by atoms with Crippen molar-refractivity contribution in [3.05, 3.63) is 0 Å². The molecule has 12 heavy (non-hydrogen) atoms. The fraction of sp³-hybridized carbons (Fsp3) is 1.00. The van der Waals surface area contributed by atoms with Crippen molar-refractivity contribution < 1.29 is 13.5 Å². The van der Waals surface area contributed by atoms with Crippen LogP contribution in [0.15, 0.2) is 0 Å². The molecule has 0 spiro atoms. The van der Waals surface area contributed by atoms with Gasteiger partial charge in [0.15, 0.2) is 0 Å². The van der Waals surface area contributed by atoms with Gasteiger partial charge in [-0.25, -0.2) is 0 Å². The van der Waals surface area contributed by atoms with Gasteiger partial charge in [-0.05, 0) is 38.3 Å². The van der Waals surface area contributed by atoms with Crippen LogP contribution in [0.3, 0.4) is 0 Å². The minimum absolute atomic E-state index is 0.197. The predicted molar refractivity (Wildman–Crippen MR) is 42.2 cm³/mol. The van der Waals surface area contributed by atoms with Gasteiger partial charge in [0.05, 0.1) is 6.61 Å². The normalized spacial score (nSPS) is 20.2. The Morgan fingerprint density at radius 3 is 2.58 bits per heavy atom. The molecule has 72 valence electrons. The van der Waals surface area contributed by atoms with Crippen LogP contribution in [0.5, 0.6) is 0 Å². The third-order valence-electron chi connectivity index (χ3n) is 2.23. The Bertz CT molecular complexity index is 116. The highest BCUT2D eigenvalue weighted by molar-refractivity contribution is 4.67. The lowest BCUT2D eigenvalue weighted by Gasteiger charge is -2.22. The SMILES string of the molecule is FC(F)OCCC1CCNCC1. The van der Waals surface area contributed by atoms with E-state index in [2.05, 4.69) is 10.1 Å². The van der Waals surface area contributed by atoms with E-state index < -0.39 is 6.61 Å². The van der Waals surface area contributed by atoms with E-state index >= 15 is 0 Å². The molecule has 4 heteroatoms. The number of nitrogens with one attached hydrogen (secondary N) is 1. The van der Waals surface area contributed by atoms with Crippen LogP contribution in [-0.4, -0.2) is 26.3 Å². The van der Waals surface area contributed by atoms with E-state index in [1.54, 1.807) is 0 Å². The highest BCUT2D eigenvalue weighted by Gasteiger charge is 2.13. The van der Waals surface area contributed by atoms with Gasteiger partial charge >= 0.3 is 6.61 Å². The van der Waals surface area contributed by atoms with Gasteiger partial charge in [-0.3, -0.25) is 0 Å². The molecule has 0 atom stereocenters. The summed E-state index contributed by atoms with van der Waals surface area (Å²) < 4.78 is 27.3. The summed E-state index contributed by atoms with van der Waals surface area (Å²) in [4.78, 5) is 0. The smallest absolute Gasteiger partial charge is 0.323 e. The summed E-state index contributed by atoms with van der Waals surface area (Å²) in [6.45, 7) is -0.382. The first-order valence-electron chi connectivity index (χ1n) is 4.39. The molecule has 1 N–H and O–H groups in total. The van der Waals surface area contributed by atoms with Crippen molar-refractivity contribution in [2.24, 2.45) is 5.92 Å². The zero-order valence-corrected chi connectivity index (χ0v) is 7.06. The van der Waals surface area contributed by atoms with Crippen LogP contribution in [0, 0.1) is 5.92 Å². The van der Waals surface area contributed by atoms with E-state index in [0.29, 0.717) is 5.92 Å². The van der Waals surface area contributed by atoms with Crippen molar-refractivity contribution >= 4 is 0 Å². The minimum atomic E-state index is -2.60. The van der Waals surface area contributed by atoms with Crippen LogP contribution in [0.1, 0.15) is 19.3 Å². The van der Waals surface area contributed by atoms with Gasteiger partial charge in [0, 0.05) is 0 Å². The van der Waals surface area contributed by atoms with Crippen molar-refractivity contribution in [1.29, 1.82) is 0 Å². The molecule has 1 heterocycles. The maximum atomic E-state index is 11.6. The van der Waals surface area contributed by atoms with Crippen molar-refractivity contribution in [3.63, 3.8) is 0 Å². The largest absolute Gasteiger partial charge is 0.345 e. The lowest BCUT2D eigenvalue weighted by Crippen LogP contribution is -2.28. The maximum Gasteiger partial charge on any atom is 0.345 e. The molecule has 0 saturated carbocycles. The lowest BCUT2D eigenvalue weighted by atomic mass is 9.95. The van der Waals surface area contributed by atoms with Crippen molar-refractivity contribution in [2.45, 2.75) is 25.9 Å². The fourth-order valence-electron chi connectivity index (χ4n) is 1.49. The molecule has 0 unspecified atom stereocenters. The Kier molecular flexibility index (Phi) is 4.46. The van der Waals surface area contributed by atoms with E-state index in [1.165, 1.54) is 0 Å². The second-order valence-electron chi connectivity index (χ2n) is 3.11. The van der Waals surface area contributed by atoms with Crippen LogP contribution in [-0.2, 0) is 4.74 Å². The molecular formula is C8H15F2NO. The second-order valence-corrected chi connectivity index (χ2v) is 3.11. The molecule has 0 amide bonds. The highest BCUT2D eigenvalue weighted by atomic mass is 19.3. The quantitative estimate of drug-likeness (QED) is 0.708. The van der Waals surface area contributed by atoms with Crippen LogP contribution >= 0.6 is 0 Å². The van der Waals surface area contributed by atoms with Gasteiger partial charge in [0.2, 0.25) is 0 Å². The third-order valence-corrected chi connectivity index (χ3v) is 2.23. The van der Waals surface area contributed by atoms with Gasteiger partial charge in [-0.15, -0.1) is 0 Å². The van der Waals surface area contributed by atoms with Crippen molar-refractivity contribution in [1.82, 2.24) is 5.32 Å². The van der Waals surface area contributed by atoms with E-state index in [4.69, 9.17) is 0 Å². The number of rotatable bonds is 4. The number of halogens is 2. The van der Waals surface area contributed by atoms with E-state index in [1.807, 2.05) is 0 Å².